The van der Waals surface area contributed by atoms with Gasteiger partial charge in [0, 0.05) is 33.4 Å². The largest absolute Gasteiger partial charge is 0.310 e. The van der Waals surface area contributed by atoms with Crippen molar-refractivity contribution in [2.45, 2.75) is 12.8 Å². The van der Waals surface area contributed by atoms with Crippen LogP contribution in [0.15, 0.2) is 140 Å². The first-order valence-electron chi connectivity index (χ1n) is 14.4. The molecule has 8 rings (SSSR count). The van der Waals surface area contributed by atoms with Crippen molar-refractivity contribution in [3.8, 4) is 22.9 Å². The number of nitriles is 1. The molecule has 0 radical (unpaired) electrons. The predicted octanol–water partition coefficient (Wildman–Crippen LogP) is 9.89. The lowest BCUT2D eigenvalue weighted by molar-refractivity contribution is 0.977. The number of hydrogen-bond donors (Lipinski definition) is 0. The van der Waals surface area contributed by atoms with Crippen molar-refractivity contribution in [2.75, 3.05) is 4.90 Å². The number of anilines is 3. The SMILES string of the molecule is N#Cc1ccc(-n2c3ccccc3c3cc(N4c5ccccc5CCc5ccccc54)ccc32)c(-c2ccccc2)c1. The Labute approximate surface area is 245 Å². The minimum absolute atomic E-state index is 0.652. The van der Waals surface area contributed by atoms with Gasteiger partial charge in [0.25, 0.3) is 0 Å². The van der Waals surface area contributed by atoms with Gasteiger partial charge in [-0.25, -0.2) is 0 Å². The summed E-state index contributed by atoms with van der Waals surface area (Å²) in [6, 6.07) is 51.7. The highest BCUT2D eigenvalue weighted by Crippen LogP contribution is 2.44. The Morgan fingerprint density at radius 3 is 1.90 bits per heavy atom. The van der Waals surface area contributed by atoms with Gasteiger partial charge in [-0.2, -0.15) is 5.26 Å². The molecule has 2 heterocycles. The Balaban J connectivity index is 1.40. The molecule has 0 unspecified atom stereocenters. The topological polar surface area (TPSA) is 32.0 Å². The number of benzene rings is 6. The van der Waals surface area contributed by atoms with E-state index in [4.69, 9.17) is 0 Å². The summed E-state index contributed by atoms with van der Waals surface area (Å²) >= 11 is 0. The minimum Gasteiger partial charge on any atom is -0.310 e. The van der Waals surface area contributed by atoms with Crippen LogP contribution in [0, 0.1) is 11.3 Å². The average molecular weight is 538 g/mol. The molecule has 3 nitrogen and oxygen atoms in total. The monoisotopic (exact) mass is 537 g/mol. The first-order valence-corrected chi connectivity index (χ1v) is 14.4. The lowest BCUT2D eigenvalue weighted by Crippen LogP contribution is -2.11. The number of aromatic nitrogens is 1. The van der Waals surface area contributed by atoms with Crippen LogP contribution in [-0.4, -0.2) is 4.57 Å². The number of hydrogen-bond acceptors (Lipinski definition) is 2. The zero-order valence-electron chi connectivity index (χ0n) is 23.0. The molecule has 198 valence electrons. The number of nitrogens with zero attached hydrogens (tertiary/aromatic N) is 3. The maximum Gasteiger partial charge on any atom is 0.0991 e. The van der Waals surface area contributed by atoms with Crippen molar-refractivity contribution >= 4 is 38.9 Å². The van der Waals surface area contributed by atoms with E-state index >= 15 is 0 Å². The fraction of sp³-hybridized carbons (Fsp3) is 0.0513. The zero-order chi connectivity index (χ0) is 28.0. The normalized spacial score (nSPS) is 12.5. The Kier molecular flexibility index (Phi) is 5.65. The van der Waals surface area contributed by atoms with E-state index in [1.165, 1.54) is 33.3 Å². The molecule has 7 aromatic rings. The van der Waals surface area contributed by atoms with Crippen LogP contribution >= 0.6 is 0 Å². The van der Waals surface area contributed by atoms with Crippen molar-refractivity contribution in [3.63, 3.8) is 0 Å². The maximum absolute atomic E-state index is 9.73. The summed E-state index contributed by atoms with van der Waals surface area (Å²) in [5.74, 6) is 0. The molecular weight excluding hydrogens is 510 g/mol. The van der Waals surface area contributed by atoms with Gasteiger partial charge in [0.05, 0.1) is 28.4 Å². The van der Waals surface area contributed by atoms with E-state index in [-0.39, 0.29) is 0 Å². The van der Waals surface area contributed by atoms with Crippen molar-refractivity contribution in [2.24, 2.45) is 0 Å². The van der Waals surface area contributed by atoms with Crippen LogP contribution < -0.4 is 4.90 Å². The van der Waals surface area contributed by atoms with Crippen LogP contribution in [0.4, 0.5) is 17.1 Å². The third-order valence-electron chi connectivity index (χ3n) is 8.49. The molecule has 3 heteroatoms. The van der Waals surface area contributed by atoms with E-state index in [2.05, 4.69) is 125 Å². The van der Waals surface area contributed by atoms with Crippen molar-refractivity contribution in [1.29, 1.82) is 5.26 Å². The summed E-state index contributed by atoms with van der Waals surface area (Å²) in [6.45, 7) is 0. The average Bonchev–Trinajstić information content (AvgIpc) is 3.28. The molecule has 1 aromatic heterocycles. The molecule has 0 saturated heterocycles. The third-order valence-corrected chi connectivity index (χ3v) is 8.49. The molecule has 0 fully saturated rings. The molecule has 0 saturated carbocycles. The molecule has 0 N–H and O–H groups in total. The van der Waals surface area contributed by atoms with E-state index in [0.29, 0.717) is 5.56 Å². The van der Waals surface area contributed by atoms with Crippen LogP contribution in [0.2, 0.25) is 0 Å². The molecule has 0 atom stereocenters. The van der Waals surface area contributed by atoms with E-state index < -0.39 is 0 Å². The second kappa shape index (κ2) is 9.80. The predicted molar refractivity (Wildman–Crippen MR) is 173 cm³/mol. The van der Waals surface area contributed by atoms with Crippen LogP contribution in [0.1, 0.15) is 16.7 Å². The van der Waals surface area contributed by atoms with Gasteiger partial charge >= 0.3 is 0 Å². The lowest BCUT2D eigenvalue weighted by atomic mass is 10.0. The molecule has 0 bridgehead atoms. The van der Waals surface area contributed by atoms with E-state index in [0.717, 1.165) is 46.4 Å². The summed E-state index contributed by atoms with van der Waals surface area (Å²) < 4.78 is 2.35. The van der Waals surface area contributed by atoms with Crippen LogP contribution in [-0.2, 0) is 12.8 Å². The molecule has 1 aliphatic heterocycles. The Bertz CT molecular complexity index is 2120. The van der Waals surface area contributed by atoms with Crippen LogP contribution in [0.25, 0.3) is 38.6 Å². The quantitative estimate of drug-likeness (QED) is 0.225. The molecule has 42 heavy (non-hydrogen) atoms. The minimum atomic E-state index is 0.652. The summed E-state index contributed by atoms with van der Waals surface area (Å²) in [6.07, 6.45) is 2.04. The summed E-state index contributed by atoms with van der Waals surface area (Å²) in [5, 5.41) is 12.1. The fourth-order valence-electron chi connectivity index (χ4n) is 6.57. The molecular formula is C39H27N3. The zero-order valence-corrected chi connectivity index (χ0v) is 23.0. The van der Waals surface area contributed by atoms with E-state index in [1.807, 2.05) is 30.3 Å². The van der Waals surface area contributed by atoms with Crippen LogP contribution in [0.3, 0.4) is 0 Å². The van der Waals surface area contributed by atoms with Gasteiger partial charge in [-0.1, -0.05) is 84.9 Å². The van der Waals surface area contributed by atoms with Gasteiger partial charge in [-0.3, -0.25) is 0 Å². The number of rotatable bonds is 3. The summed E-state index contributed by atoms with van der Waals surface area (Å²) in [5.41, 5.74) is 12.5. The van der Waals surface area contributed by atoms with Crippen molar-refractivity contribution < 1.29 is 0 Å². The highest BCUT2D eigenvalue weighted by atomic mass is 15.1. The molecule has 0 aliphatic carbocycles. The second-order valence-electron chi connectivity index (χ2n) is 10.9. The molecule has 1 aliphatic rings. The Hall–Kier alpha value is -5.59. The lowest BCUT2D eigenvalue weighted by Gasteiger charge is -2.27. The van der Waals surface area contributed by atoms with Crippen molar-refractivity contribution in [3.05, 3.63) is 156 Å². The van der Waals surface area contributed by atoms with Gasteiger partial charge in [0.15, 0.2) is 0 Å². The highest BCUT2D eigenvalue weighted by Gasteiger charge is 2.23. The Morgan fingerprint density at radius 1 is 0.524 bits per heavy atom. The van der Waals surface area contributed by atoms with Gasteiger partial charge in [-0.15, -0.1) is 0 Å². The van der Waals surface area contributed by atoms with Gasteiger partial charge < -0.3 is 9.47 Å². The first kappa shape index (κ1) is 24.2. The fourth-order valence-corrected chi connectivity index (χ4v) is 6.57. The summed E-state index contributed by atoms with van der Waals surface area (Å²) in [4.78, 5) is 2.43. The van der Waals surface area contributed by atoms with E-state index in [9.17, 15) is 5.26 Å². The number of fused-ring (bicyclic) bond motifs is 5. The van der Waals surface area contributed by atoms with Crippen molar-refractivity contribution in [1.82, 2.24) is 4.57 Å². The molecule has 0 spiro atoms. The Morgan fingerprint density at radius 2 is 1.17 bits per heavy atom. The summed E-state index contributed by atoms with van der Waals surface area (Å²) in [7, 11) is 0. The third kappa shape index (κ3) is 3.81. The van der Waals surface area contributed by atoms with Gasteiger partial charge in [0.2, 0.25) is 0 Å². The van der Waals surface area contributed by atoms with Crippen LogP contribution in [0.5, 0.6) is 0 Å². The smallest absolute Gasteiger partial charge is 0.0991 e. The first-order chi connectivity index (χ1) is 20.8. The molecule has 0 amide bonds. The molecule has 6 aromatic carbocycles. The highest BCUT2D eigenvalue weighted by molar-refractivity contribution is 6.11. The number of para-hydroxylation sites is 3. The standard InChI is InChI=1S/C39H27N3/c40-26-27-18-22-38(33(24-27)28-10-2-1-3-11-28)42-37-17-9-6-14-32(37)34-25-31(21-23-39(34)42)41-35-15-7-4-12-29(35)19-20-30-13-5-8-16-36(30)41/h1-18,21-25H,19-20H2. The maximum atomic E-state index is 9.73. The van der Waals surface area contributed by atoms with E-state index in [1.54, 1.807) is 0 Å². The second-order valence-corrected chi connectivity index (χ2v) is 10.9. The number of aryl methyl sites for hydroxylation is 2. The van der Waals surface area contributed by atoms with Gasteiger partial charge in [-0.05, 0) is 84.1 Å². The van der Waals surface area contributed by atoms with Gasteiger partial charge in [0.1, 0.15) is 0 Å².